The van der Waals surface area contributed by atoms with Crippen molar-refractivity contribution in [2.24, 2.45) is 0 Å². The molecule has 0 saturated carbocycles. The van der Waals surface area contributed by atoms with Crippen LogP contribution in [0.2, 0.25) is 5.02 Å². The number of anilines is 1. The molecule has 1 aliphatic heterocycles. The molecule has 2 aromatic carbocycles. The zero-order chi connectivity index (χ0) is 23.9. The minimum atomic E-state index is -1.16. The Morgan fingerprint density at radius 2 is 1.67 bits per heavy atom. The van der Waals surface area contributed by atoms with Crippen molar-refractivity contribution in [3.63, 3.8) is 0 Å². The standard InChI is InChI=1S/C24H25ClFN3O4/c1-24(2,3)33-23(32)28-13-11-27(12-14-28)20-18-17(10-9-16(26)19(18)25)29(21(20)22(30)31)15-7-5-4-6-8-15/h4-10H,11-14H2,1-3H3,(H,30,31). The smallest absolute Gasteiger partial charge is 0.410 e. The van der Waals surface area contributed by atoms with Gasteiger partial charge in [-0.15, -0.1) is 0 Å². The summed E-state index contributed by atoms with van der Waals surface area (Å²) in [7, 11) is 0. The first-order chi connectivity index (χ1) is 15.6. The number of rotatable bonds is 3. The predicted molar refractivity (Wildman–Crippen MR) is 125 cm³/mol. The van der Waals surface area contributed by atoms with E-state index >= 15 is 0 Å². The Labute approximate surface area is 195 Å². The van der Waals surface area contributed by atoms with E-state index < -0.39 is 23.5 Å². The number of para-hydroxylation sites is 1. The number of amides is 1. The molecule has 0 radical (unpaired) electrons. The molecular formula is C24H25ClFN3O4. The van der Waals surface area contributed by atoms with Gasteiger partial charge in [0.05, 0.1) is 16.2 Å². The Hall–Kier alpha value is -3.26. The first-order valence-electron chi connectivity index (χ1n) is 10.6. The number of ether oxygens (including phenoxy) is 1. The number of carbonyl (C=O) groups excluding carboxylic acids is 1. The molecule has 1 amide bonds. The molecule has 4 rings (SSSR count). The van der Waals surface area contributed by atoms with Crippen LogP contribution in [0.5, 0.6) is 0 Å². The van der Waals surface area contributed by atoms with Gasteiger partial charge in [-0.3, -0.25) is 0 Å². The zero-order valence-corrected chi connectivity index (χ0v) is 19.4. The summed E-state index contributed by atoms with van der Waals surface area (Å²) >= 11 is 6.39. The van der Waals surface area contributed by atoms with Crippen LogP contribution in [0.3, 0.4) is 0 Å². The van der Waals surface area contributed by atoms with E-state index in [2.05, 4.69) is 0 Å². The third kappa shape index (κ3) is 4.35. The van der Waals surface area contributed by atoms with Gasteiger partial charge in [0, 0.05) is 37.3 Å². The zero-order valence-electron chi connectivity index (χ0n) is 18.6. The fourth-order valence-electron chi connectivity index (χ4n) is 4.09. The van der Waals surface area contributed by atoms with Gasteiger partial charge in [-0.1, -0.05) is 29.8 Å². The fraction of sp³-hybridized carbons (Fsp3) is 0.333. The largest absolute Gasteiger partial charge is 0.476 e. The van der Waals surface area contributed by atoms with Gasteiger partial charge in [0.1, 0.15) is 11.4 Å². The number of nitrogens with zero attached hydrogens (tertiary/aromatic N) is 3. The molecule has 0 spiro atoms. The number of aromatic nitrogens is 1. The lowest BCUT2D eigenvalue weighted by molar-refractivity contribution is 0.0240. The van der Waals surface area contributed by atoms with Gasteiger partial charge in [0.15, 0.2) is 5.69 Å². The molecule has 0 bridgehead atoms. The molecule has 174 valence electrons. The molecular weight excluding hydrogens is 449 g/mol. The summed E-state index contributed by atoms with van der Waals surface area (Å²) in [5.41, 5.74) is 0.846. The number of carbonyl (C=O) groups is 2. The predicted octanol–water partition coefficient (Wildman–Crippen LogP) is 5.18. The summed E-state index contributed by atoms with van der Waals surface area (Å²) in [5, 5.41) is 10.4. The maximum atomic E-state index is 14.5. The van der Waals surface area contributed by atoms with Gasteiger partial charge in [-0.2, -0.15) is 0 Å². The molecule has 1 aromatic heterocycles. The second-order valence-corrected chi connectivity index (χ2v) is 9.26. The van der Waals surface area contributed by atoms with E-state index in [4.69, 9.17) is 16.3 Å². The second kappa shape index (κ2) is 8.59. The lowest BCUT2D eigenvalue weighted by atomic mass is 10.1. The van der Waals surface area contributed by atoms with E-state index in [0.29, 0.717) is 48.5 Å². The average molecular weight is 474 g/mol. The SMILES string of the molecule is CC(C)(C)OC(=O)N1CCN(c2c(C(=O)O)n(-c3ccccc3)c3ccc(F)c(Cl)c23)CC1. The summed E-state index contributed by atoms with van der Waals surface area (Å²) in [6, 6.07) is 11.8. The molecule has 0 atom stereocenters. The van der Waals surface area contributed by atoms with Crippen LogP contribution in [0, 0.1) is 5.82 Å². The number of fused-ring (bicyclic) bond motifs is 1. The van der Waals surface area contributed by atoms with Gasteiger partial charge < -0.3 is 24.2 Å². The molecule has 7 nitrogen and oxygen atoms in total. The van der Waals surface area contributed by atoms with Crippen molar-refractivity contribution in [2.75, 3.05) is 31.1 Å². The van der Waals surface area contributed by atoms with Crippen molar-refractivity contribution in [3.8, 4) is 5.69 Å². The van der Waals surface area contributed by atoms with E-state index in [1.165, 1.54) is 12.1 Å². The molecule has 9 heteroatoms. The monoisotopic (exact) mass is 473 g/mol. The normalized spacial score (nSPS) is 14.6. The highest BCUT2D eigenvalue weighted by molar-refractivity contribution is 6.37. The Morgan fingerprint density at radius 3 is 2.24 bits per heavy atom. The lowest BCUT2D eigenvalue weighted by Crippen LogP contribution is -2.50. The molecule has 1 N–H and O–H groups in total. The van der Waals surface area contributed by atoms with E-state index in [1.54, 1.807) is 54.5 Å². The Bertz CT molecular complexity index is 1210. The Morgan fingerprint density at radius 1 is 1.03 bits per heavy atom. The topological polar surface area (TPSA) is 75.0 Å². The van der Waals surface area contributed by atoms with Gasteiger partial charge in [0.25, 0.3) is 0 Å². The van der Waals surface area contributed by atoms with Crippen molar-refractivity contribution >= 4 is 40.3 Å². The van der Waals surface area contributed by atoms with Crippen LogP contribution in [0.4, 0.5) is 14.9 Å². The number of benzene rings is 2. The highest BCUT2D eigenvalue weighted by Crippen LogP contribution is 2.41. The molecule has 3 aromatic rings. The fourth-order valence-corrected chi connectivity index (χ4v) is 4.34. The van der Waals surface area contributed by atoms with Crippen LogP contribution in [-0.4, -0.2) is 58.4 Å². The third-order valence-corrected chi connectivity index (χ3v) is 5.83. The van der Waals surface area contributed by atoms with Crippen LogP contribution < -0.4 is 4.90 Å². The summed E-state index contributed by atoms with van der Waals surface area (Å²) in [4.78, 5) is 28.4. The average Bonchev–Trinajstić information content (AvgIpc) is 3.12. The number of aromatic carboxylic acids is 1. The number of carboxylic acids is 1. The van der Waals surface area contributed by atoms with E-state index in [1.807, 2.05) is 11.0 Å². The Kier molecular flexibility index (Phi) is 5.97. The first-order valence-corrected chi connectivity index (χ1v) is 11.0. The van der Waals surface area contributed by atoms with Gasteiger partial charge >= 0.3 is 12.1 Å². The highest BCUT2D eigenvalue weighted by atomic mass is 35.5. The van der Waals surface area contributed by atoms with Gasteiger partial charge in [-0.25, -0.2) is 14.0 Å². The van der Waals surface area contributed by atoms with Crippen molar-refractivity contribution in [2.45, 2.75) is 26.4 Å². The van der Waals surface area contributed by atoms with E-state index in [-0.39, 0.29) is 10.7 Å². The van der Waals surface area contributed by atoms with Crippen LogP contribution >= 0.6 is 11.6 Å². The summed E-state index contributed by atoms with van der Waals surface area (Å²) in [6.07, 6.45) is -0.420. The number of carboxylic acid groups (broad SMARTS) is 1. The quantitative estimate of drug-likeness (QED) is 0.567. The number of piperazine rings is 1. The van der Waals surface area contributed by atoms with Crippen molar-refractivity contribution in [1.82, 2.24) is 9.47 Å². The van der Waals surface area contributed by atoms with Crippen molar-refractivity contribution in [3.05, 3.63) is 59.0 Å². The molecule has 1 saturated heterocycles. The minimum Gasteiger partial charge on any atom is -0.476 e. The summed E-state index contributed by atoms with van der Waals surface area (Å²) in [5.74, 6) is -1.78. The molecule has 1 fully saturated rings. The van der Waals surface area contributed by atoms with Crippen LogP contribution in [0.15, 0.2) is 42.5 Å². The van der Waals surface area contributed by atoms with Gasteiger partial charge in [-0.05, 0) is 45.0 Å². The van der Waals surface area contributed by atoms with Crippen LogP contribution in [0.1, 0.15) is 31.3 Å². The molecule has 33 heavy (non-hydrogen) atoms. The molecule has 0 unspecified atom stereocenters. The maximum absolute atomic E-state index is 14.5. The summed E-state index contributed by atoms with van der Waals surface area (Å²) in [6.45, 7) is 6.76. The molecule has 2 heterocycles. The van der Waals surface area contributed by atoms with Crippen molar-refractivity contribution in [1.29, 1.82) is 0 Å². The lowest BCUT2D eigenvalue weighted by Gasteiger charge is -2.36. The number of hydrogen-bond acceptors (Lipinski definition) is 4. The number of halogens is 2. The first kappa shape index (κ1) is 22.9. The third-order valence-electron chi connectivity index (χ3n) is 5.46. The minimum absolute atomic E-state index is 0.00517. The second-order valence-electron chi connectivity index (χ2n) is 8.88. The maximum Gasteiger partial charge on any atom is 0.410 e. The van der Waals surface area contributed by atoms with E-state index in [0.717, 1.165) is 0 Å². The van der Waals surface area contributed by atoms with Crippen LogP contribution in [0.25, 0.3) is 16.6 Å². The van der Waals surface area contributed by atoms with Crippen LogP contribution in [-0.2, 0) is 4.74 Å². The summed E-state index contributed by atoms with van der Waals surface area (Å²) < 4.78 is 21.5. The molecule has 0 aliphatic carbocycles. The van der Waals surface area contributed by atoms with E-state index in [9.17, 15) is 19.1 Å². The molecule has 1 aliphatic rings. The highest BCUT2D eigenvalue weighted by Gasteiger charge is 2.33. The van der Waals surface area contributed by atoms with Gasteiger partial charge in [0.2, 0.25) is 0 Å². The Balaban J connectivity index is 1.80. The van der Waals surface area contributed by atoms with Crippen molar-refractivity contribution < 1.29 is 23.8 Å². The number of hydrogen-bond donors (Lipinski definition) is 1.